The van der Waals surface area contributed by atoms with E-state index in [0.29, 0.717) is 42.0 Å². The number of ketones is 1. The number of carbonyl (C=O) groups is 1. The third kappa shape index (κ3) is 4.54. The normalized spacial score (nSPS) is 11.0. The summed E-state index contributed by atoms with van der Waals surface area (Å²) in [6.45, 7) is 0.598. The highest BCUT2D eigenvalue weighted by Gasteiger charge is 2.13. The summed E-state index contributed by atoms with van der Waals surface area (Å²) in [7, 11) is 0. The van der Waals surface area contributed by atoms with E-state index < -0.39 is 0 Å². The van der Waals surface area contributed by atoms with Gasteiger partial charge in [-0.05, 0) is 41.8 Å². The van der Waals surface area contributed by atoms with Crippen LogP contribution in [0, 0.1) is 0 Å². The Labute approximate surface area is 188 Å². The number of fused-ring (bicyclic) bond motifs is 1. The minimum Gasteiger partial charge on any atom is -0.461 e. The molecule has 1 aromatic carbocycles. The van der Waals surface area contributed by atoms with Crippen LogP contribution >= 0.6 is 0 Å². The van der Waals surface area contributed by atoms with Crippen molar-refractivity contribution in [2.45, 2.75) is 12.8 Å². The molecule has 0 saturated heterocycles. The van der Waals surface area contributed by atoms with E-state index in [4.69, 9.17) is 10.2 Å². The van der Waals surface area contributed by atoms with E-state index in [1.54, 1.807) is 36.7 Å². The number of nitrogens with two attached hydrogens (primary N) is 1. The number of benzene rings is 1. The summed E-state index contributed by atoms with van der Waals surface area (Å²) in [4.78, 5) is 29.4. The average molecular weight is 440 g/mol. The van der Waals surface area contributed by atoms with Gasteiger partial charge in [-0.15, -0.1) is 5.10 Å². The Hall–Kier alpha value is -4.60. The summed E-state index contributed by atoms with van der Waals surface area (Å²) in [5, 5.41) is 7.45. The van der Waals surface area contributed by atoms with Crippen molar-refractivity contribution in [1.82, 2.24) is 29.5 Å². The number of pyridine rings is 1. The first-order valence-electron chi connectivity index (χ1n) is 10.4. The highest BCUT2D eigenvalue weighted by Crippen LogP contribution is 2.17. The molecule has 3 N–H and O–H groups in total. The molecule has 0 bridgehead atoms. The van der Waals surface area contributed by atoms with Crippen LogP contribution in [0.15, 0.2) is 71.5 Å². The molecule has 0 amide bonds. The molecule has 164 valence electrons. The molecule has 0 radical (unpaired) electrons. The minimum atomic E-state index is -0.00108. The molecule has 5 aromatic rings. The number of aromatic nitrogens is 6. The molecule has 0 atom stereocenters. The van der Waals surface area contributed by atoms with E-state index in [2.05, 4.69) is 30.4 Å². The van der Waals surface area contributed by atoms with Gasteiger partial charge in [-0.1, -0.05) is 30.3 Å². The summed E-state index contributed by atoms with van der Waals surface area (Å²) in [6.07, 6.45) is 4.24. The fourth-order valence-corrected chi connectivity index (χ4v) is 3.34. The first-order valence-corrected chi connectivity index (χ1v) is 10.4. The number of carbonyl (C=O) groups excluding carboxylic acids is 1. The third-order valence-electron chi connectivity index (χ3n) is 5.01. The van der Waals surface area contributed by atoms with Crippen LogP contribution in [0.3, 0.4) is 0 Å². The fraction of sp³-hybridized carbons (Fsp3) is 0.130. The average Bonchev–Trinajstić information content (AvgIpc) is 3.51. The second kappa shape index (κ2) is 8.87. The van der Waals surface area contributed by atoms with Crippen LogP contribution < -0.4 is 11.1 Å². The van der Waals surface area contributed by atoms with Crippen LogP contribution in [0.1, 0.15) is 21.6 Å². The lowest BCUT2D eigenvalue weighted by Crippen LogP contribution is -2.12. The van der Waals surface area contributed by atoms with Crippen LogP contribution in [0.4, 0.5) is 11.9 Å². The standard InChI is InChI=1S/C23H20N8O2/c24-21-28-22(29-23-27-20(30-31(21)23)19-5-3-13-33-19)26-12-10-15-6-8-16(9-7-15)14-18(32)17-4-1-2-11-25-17/h1-9,11,13H,10,12,14H2,(H3,24,26,27,28,29,30). The van der Waals surface area contributed by atoms with Crippen molar-refractivity contribution in [3.63, 3.8) is 0 Å². The molecule has 4 heterocycles. The number of anilines is 2. The molecule has 0 aliphatic carbocycles. The Morgan fingerprint density at radius 1 is 1.00 bits per heavy atom. The zero-order valence-corrected chi connectivity index (χ0v) is 17.5. The van der Waals surface area contributed by atoms with Gasteiger partial charge in [0.25, 0.3) is 5.78 Å². The monoisotopic (exact) mass is 440 g/mol. The number of hydrogen-bond donors (Lipinski definition) is 2. The quantitative estimate of drug-likeness (QED) is 0.349. The van der Waals surface area contributed by atoms with Crippen molar-refractivity contribution < 1.29 is 9.21 Å². The molecule has 10 nitrogen and oxygen atoms in total. The first kappa shape index (κ1) is 20.3. The summed E-state index contributed by atoms with van der Waals surface area (Å²) in [6, 6.07) is 16.8. The second-order valence-electron chi connectivity index (χ2n) is 7.34. The van der Waals surface area contributed by atoms with E-state index >= 15 is 0 Å². The Morgan fingerprint density at radius 3 is 2.61 bits per heavy atom. The van der Waals surface area contributed by atoms with E-state index in [1.165, 1.54) is 4.52 Å². The van der Waals surface area contributed by atoms with Gasteiger partial charge < -0.3 is 15.5 Å². The maximum Gasteiger partial charge on any atom is 0.259 e. The van der Waals surface area contributed by atoms with Crippen molar-refractivity contribution in [2.75, 3.05) is 17.6 Å². The molecule has 0 unspecified atom stereocenters. The molecule has 4 aromatic heterocycles. The molecule has 5 rings (SSSR count). The van der Waals surface area contributed by atoms with Crippen LogP contribution in [-0.4, -0.2) is 41.9 Å². The van der Waals surface area contributed by atoms with Crippen molar-refractivity contribution >= 4 is 23.5 Å². The number of furan rings is 1. The number of nitrogens with zero attached hydrogens (tertiary/aromatic N) is 6. The molecule has 0 aliphatic heterocycles. The van der Waals surface area contributed by atoms with Gasteiger partial charge in [-0.2, -0.15) is 19.5 Å². The lowest BCUT2D eigenvalue weighted by Gasteiger charge is -2.07. The van der Waals surface area contributed by atoms with E-state index in [0.717, 1.165) is 17.5 Å². The van der Waals surface area contributed by atoms with Crippen LogP contribution in [-0.2, 0) is 12.8 Å². The maximum absolute atomic E-state index is 12.3. The SMILES string of the molecule is Nc1nc(NCCc2ccc(CC(=O)c3ccccn3)cc2)nc2nc(-c3ccco3)nn12. The Bertz CT molecular complexity index is 1380. The van der Waals surface area contributed by atoms with Gasteiger partial charge in [0.2, 0.25) is 17.7 Å². The summed E-state index contributed by atoms with van der Waals surface area (Å²) >= 11 is 0. The second-order valence-corrected chi connectivity index (χ2v) is 7.34. The first-order chi connectivity index (χ1) is 16.2. The highest BCUT2D eigenvalue weighted by molar-refractivity contribution is 5.95. The molecular weight excluding hydrogens is 420 g/mol. The van der Waals surface area contributed by atoms with Gasteiger partial charge in [0.1, 0.15) is 5.69 Å². The van der Waals surface area contributed by atoms with Crippen molar-refractivity contribution in [3.8, 4) is 11.6 Å². The number of hydrogen-bond acceptors (Lipinski definition) is 9. The largest absolute Gasteiger partial charge is 0.461 e. The summed E-state index contributed by atoms with van der Waals surface area (Å²) in [5.41, 5.74) is 8.56. The van der Waals surface area contributed by atoms with Crippen molar-refractivity contribution in [3.05, 3.63) is 83.9 Å². The van der Waals surface area contributed by atoms with Gasteiger partial charge >= 0.3 is 0 Å². The molecule has 33 heavy (non-hydrogen) atoms. The number of rotatable bonds is 8. The van der Waals surface area contributed by atoms with E-state index in [-0.39, 0.29) is 11.7 Å². The smallest absolute Gasteiger partial charge is 0.259 e. The number of Topliss-reactive ketones (excluding diaryl/α,β-unsaturated/α-hetero) is 1. The van der Waals surface area contributed by atoms with Crippen molar-refractivity contribution in [1.29, 1.82) is 0 Å². The maximum atomic E-state index is 12.3. The minimum absolute atomic E-state index is 0.00108. The van der Waals surface area contributed by atoms with Gasteiger partial charge in [0.05, 0.1) is 6.26 Å². The number of nitrogen functional groups attached to an aromatic ring is 1. The van der Waals surface area contributed by atoms with Gasteiger partial charge in [-0.25, -0.2) is 0 Å². The molecule has 0 fully saturated rings. The zero-order valence-electron chi connectivity index (χ0n) is 17.5. The van der Waals surface area contributed by atoms with Gasteiger partial charge in [0, 0.05) is 19.2 Å². The summed E-state index contributed by atoms with van der Waals surface area (Å²) < 4.78 is 6.69. The van der Waals surface area contributed by atoms with E-state index in [1.807, 2.05) is 30.3 Å². The van der Waals surface area contributed by atoms with E-state index in [9.17, 15) is 4.79 Å². The summed E-state index contributed by atoms with van der Waals surface area (Å²) in [5.74, 6) is 1.79. The lowest BCUT2D eigenvalue weighted by molar-refractivity contribution is 0.0988. The van der Waals surface area contributed by atoms with Crippen LogP contribution in [0.2, 0.25) is 0 Å². The molecule has 0 spiro atoms. The fourth-order valence-electron chi connectivity index (χ4n) is 3.34. The predicted octanol–water partition coefficient (Wildman–Crippen LogP) is 2.84. The van der Waals surface area contributed by atoms with Gasteiger partial charge in [0.15, 0.2) is 11.5 Å². The Morgan fingerprint density at radius 2 is 1.85 bits per heavy atom. The lowest BCUT2D eigenvalue weighted by atomic mass is 10.0. The highest BCUT2D eigenvalue weighted by atomic mass is 16.3. The molecule has 0 saturated carbocycles. The number of nitrogens with one attached hydrogen (secondary N) is 1. The van der Waals surface area contributed by atoms with Crippen LogP contribution in [0.5, 0.6) is 0 Å². The van der Waals surface area contributed by atoms with Gasteiger partial charge in [-0.3, -0.25) is 9.78 Å². The van der Waals surface area contributed by atoms with Crippen LogP contribution in [0.25, 0.3) is 17.4 Å². The zero-order chi connectivity index (χ0) is 22.6. The molecule has 10 heteroatoms. The molecule has 0 aliphatic rings. The Kier molecular flexibility index (Phi) is 5.46. The third-order valence-corrected chi connectivity index (χ3v) is 5.01. The van der Waals surface area contributed by atoms with Crippen molar-refractivity contribution in [2.24, 2.45) is 0 Å². The topological polar surface area (TPSA) is 137 Å². The molecular formula is C23H20N8O2. The Balaban J connectivity index is 1.19. The predicted molar refractivity (Wildman–Crippen MR) is 122 cm³/mol.